The third kappa shape index (κ3) is 75.0. The van der Waals surface area contributed by atoms with Crippen LogP contribution < -0.4 is 0 Å². The van der Waals surface area contributed by atoms with Gasteiger partial charge in [-0.2, -0.15) is 0 Å². The minimum Gasteiger partial charge on any atom is -0.434 e. The van der Waals surface area contributed by atoms with Crippen molar-refractivity contribution in [2.45, 2.75) is 274 Å². The van der Waals surface area contributed by atoms with E-state index >= 15 is 0 Å². The minimum absolute atomic E-state index is 0.00757. The summed E-state index contributed by atoms with van der Waals surface area (Å²) in [6.07, 6.45) is 39.1. The number of carbonyl (C=O) groups excluding carboxylic acids is 4. The summed E-state index contributed by atoms with van der Waals surface area (Å²) in [7, 11) is 0. The molecule has 4 N–H and O–H groups in total. The van der Waals surface area contributed by atoms with E-state index < -0.39 is 24.6 Å². The first-order valence-corrected chi connectivity index (χ1v) is 31.4. The molecule has 0 heterocycles. The lowest BCUT2D eigenvalue weighted by molar-refractivity contribution is 0.0418. The first-order valence-electron chi connectivity index (χ1n) is 31.4. The zero-order valence-corrected chi connectivity index (χ0v) is 51.5. The molecule has 0 saturated heterocycles. The van der Waals surface area contributed by atoms with Crippen LogP contribution >= 0.6 is 0 Å². The van der Waals surface area contributed by atoms with E-state index in [0.29, 0.717) is 26.4 Å². The molecule has 0 saturated carbocycles. The van der Waals surface area contributed by atoms with Crippen LogP contribution in [0.4, 0.5) is 19.2 Å². The molecular weight excluding hydrogens is 1000 g/mol. The molecule has 0 aromatic heterocycles. The van der Waals surface area contributed by atoms with Gasteiger partial charge in [0.05, 0.1) is 52.9 Å². The topological polar surface area (TPSA) is 223 Å². The monoisotopic (exact) mass is 1120 g/mol. The van der Waals surface area contributed by atoms with Crippen molar-refractivity contribution in [3.63, 3.8) is 0 Å². The average Bonchev–Trinajstić information content (AvgIpc) is 3.43. The summed E-state index contributed by atoms with van der Waals surface area (Å²) in [4.78, 5) is 43.8. The van der Waals surface area contributed by atoms with Crippen molar-refractivity contribution < 1.29 is 77.5 Å². The highest BCUT2D eigenvalue weighted by molar-refractivity contribution is 5.60. The Bertz CT molecular complexity index is 1210. The number of aliphatic hydroxyl groups excluding tert-OH is 4. The average molecular weight is 1130 g/mol. The SMILES string of the molecule is CCCCCC(C)CCCCCCOC(=O)OCCO.CCCCCC(C)CCCCCOC(=O)OCCO.CCCCCCC(C)CCCCCOC(=O)OCCO.CCCCCCC(C)CCCCOC(=O)OCCO. The predicted molar refractivity (Wildman–Crippen MR) is 314 cm³/mol. The maximum absolute atomic E-state index is 11.0. The van der Waals surface area contributed by atoms with Crippen LogP contribution in [0.3, 0.4) is 0 Å². The fourth-order valence-electron chi connectivity index (χ4n) is 8.29. The summed E-state index contributed by atoms with van der Waals surface area (Å²) >= 11 is 0. The van der Waals surface area contributed by atoms with Gasteiger partial charge >= 0.3 is 24.6 Å². The Morgan fingerprint density at radius 2 is 0.397 bits per heavy atom. The quantitative estimate of drug-likeness (QED) is 0.0253. The van der Waals surface area contributed by atoms with Gasteiger partial charge in [0.25, 0.3) is 0 Å². The molecule has 0 aromatic carbocycles. The van der Waals surface area contributed by atoms with Crippen molar-refractivity contribution in [2.75, 3.05) is 79.3 Å². The lowest BCUT2D eigenvalue weighted by atomic mass is 9.97. The highest BCUT2D eigenvalue weighted by Crippen LogP contribution is 2.20. The zero-order valence-electron chi connectivity index (χ0n) is 51.5. The summed E-state index contributed by atoms with van der Waals surface area (Å²) < 4.78 is 37.8. The number of unbranched alkanes of at least 4 members (excludes halogenated alkanes) is 18. The van der Waals surface area contributed by atoms with Gasteiger partial charge in [-0.15, -0.1) is 0 Å². The molecule has 468 valence electrons. The smallest absolute Gasteiger partial charge is 0.434 e. The summed E-state index contributed by atoms with van der Waals surface area (Å²) in [5.74, 6) is 3.22. The molecule has 78 heavy (non-hydrogen) atoms. The molecule has 4 atom stereocenters. The molecule has 0 spiro atoms. The Morgan fingerprint density at radius 3 is 0.628 bits per heavy atom. The fourth-order valence-corrected chi connectivity index (χ4v) is 8.29. The van der Waals surface area contributed by atoms with Gasteiger partial charge in [-0.3, -0.25) is 0 Å². The lowest BCUT2D eigenvalue weighted by Gasteiger charge is -2.11. The summed E-state index contributed by atoms with van der Waals surface area (Å²) in [6.45, 7) is 19.3. The second-order valence-corrected chi connectivity index (χ2v) is 21.2. The standard InChI is InChI=1S/2C16H32O4.2C15H30O4/c1-3-4-7-10-15(2)11-8-5-6-9-13-19-16(18)20-14-12-17;1-3-4-5-7-10-15(2)11-8-6-9-13-19-16(18)20-14-12-17;1-3-4-6-9-14(2)10-7-5-8-12-18-15(17)19-13-11-16;1-3-4-5-6-9-14(2)10-7-8-12-18-15(17)19-13-11-16/h2*15,17H,3-14H2,1-2H3;2*14,16H,3-13H2,1-2H3. The molecule has 0 amide bonds. The van der Waals surface area contributed by atoms with Crippen molar-refractivity contribution in [1.29, 1.82) is 0 Å². The van der Waals surface area contributed by atoms with E-state index in [4.69, 9.17) is 39.4 Å². The normalized spacial score (nSPS) is 12.2. The predicted octanol–water partition coefficient (Wildman–Crippen LogP) is 16.4. The molecule has 0 aliphatic heterocycles. The van der Waals surface area contributed by atoms with Crippen LogP contribution in [0.2, 0.25) is 0 Å². The van der Waals surface area contributed by atoms with Gasteiger partial charge in [-0.05, 0) is 55.8 Å². The zero-order chi connectivity index (χ0) is 58.8. The Balaban J connectivity index is -0.000000468. The van der Waals surface area contributed by atoms with Gasteiger partial charge in [0.1, 0.15) is 26.4 Å². The van der Waals surface area contributed by atoms with Crippen molar-refractivity contribution >= 4 is 24.6 Å². The highest BCUT2D eigenvalue weighted by atomic mass is 16.7. The third-order valence-electron chi connectivity index (χ3n) is 13.2. The summed E-state index contributed by atoms with van der Waals surface area (Å²) in [5, 5.41) is 33.8. The Kier molecular flexibility index (Phi) is 73.1. The molecule has 0 bridgehead atoms. The van der Waals surface area contributed by atoms with E-state index in [1.165, 1.54) is 167 Å². The number of hydrogen-bond acceptors (Lipinski definition) is 16. The Morgan fingerprint density at radius 1 is 0.244 bits per heavy atom. The minimum atomic E-state index is -0.679. The first kappa shape index (κ1) is 81.4. The van der Waals surface area contributed by atoms with E-state index in [1.54, 1.807) is 0 Å². The van der Waals surface area contributed by atoms with E-state index in [2.05, 4.69) is 74.3 Å². The molecule has 0 radical (unpaired) electrons. The molecule has 0 aliphatic rings. The summed E-state index contributed by atoms with van der Waals surface area (Å²) in [5.41, 5.74) is 0. The molecule has 0 aliphatic carbocycles. The lowest BCUT2D eigenvalue weighted by Crippen LogP contribution is -2.11. The van der Waals surface area contributed by atoms with Crippen LogP contribution in [0.5, 0.6) is 0 Å². The van der Waals surface area contributed by atoms with Gasteiger partial charge in [-0.1, -0.05) is 242 Å². The van der Waals surface area contributed by atoms with Crippen LogP contribution in [-0.2, 0) is 37.9 Å². The maximum Gasteiger partial charge on any atom is 0.508 e. The summed E-state index contributed by atoms with van der Waals surface area (Å²) in [6, 6.07) is 0. The van der Waals surface area contributed by atoms with Gasteiger partial charge in [0.2, 0.25) is 0 Å². The van der Waals surface area contributed by atoms with Crippen LogP contribution in [0.25, 0.3) is 0 Å². The van der Waals surface area contributed by atoms with Gasteiger partial charge in [0, 0.05) is 0 Å². The van der Waals surface area contributed by atoms with E-state index in [1.807, 2.05) is 0 Å². The maximum atomic E-state index is 11.0. The third-order valence-corrected chi connectivity index (χ3v) is 13.2. The van der Waals surface area contributed by atoms with E-state index in [0.717, 1.165) is 75.0 Å². The van der Waals surface area contributed by atoms with E-state index in [9.17, 15) is 19.2 Å². The van der Waals surface area contributed by atoms with Crippen LogP contribution in [0, 0.1) is 23.7 Å². The van der Waals surface area contributed by atoms with Gasteiger partial charge < -0.3 is 58.3 Å². The van der Waals surface area contributed by atoms with Crippen LogP contribution in [0.1, 0.15) is 274 Å². The number of hydrogen-bond donors (Lipinski definition) is 4. The Labute approximate surface area is 477 Å². The van der Waals surface area contributed by atoms with Crippen molar-refractivity contribution in [2.24, 2.45) is 23.7 Å². The largest absolute Gasteiger partial charge is 0.508 e. The molecule has 0 rings (SSSR count). The number of carbonyl (C=O) groups is 4. The van der Waals surface area contributed by atoms with Gasteiger partial charge in [0.15, 0.2) is 0 Å². The van der Waals surface area contributed by atoms with Crippen molar-refractivity contribution in [3.05, 3.63) is 0 Å². The molecule has 0 aromatic rings. The van der Waals surface area contributed by atoms with Crippen LogP contribution in [0.15, 0.2) is 0 Å². The molecule has 16 heteroatoms. The number of aliphatic hydroxyl groups is 4. The molecule has 4 unspecified atom stereocenters. The van der Waals surface area contributed by atoms with Crippen LogP contribution in [-0.4, -0.2) is 124 Å². The highest BCUT2D eigenvalue weighted by Gasteiger charge is 2.09. The van der Waals surface area contributed by atoms with Crippen molar-refractivity contribution in [1.82, 2.24) is 0 Å². The second kappa shape index (κ2) is 70.0. The number of rotatable bonds is 50. The second-order valence-electron chi connectivity index (χ2n) is 21.2. The molecule has 0 fully saturated rings. The van der Waals surface area contributed by atoms with E-state index in [-0.39, 0.29) is 52.9 Å². The Hall–Kier alpha value is -3.08. The number of ether oxygens (including phenoxy) is 8. The first-order chi connectivity index (χ1) is 37.8. The van der Waals surface area contributed by atoms with Crippen molar-refractivity contribution in [3.8, 4) is 0 Å². The molecule has 16 nitrogen and oxygen atoms in total. The fraction of sp³-hybridized carbons (Fsp3) is 0.935. The molecular formula is C62H124O16. The van der Waals surface area contributed by atoms with Gasteiger partial charge in [-0.25, -0.2) is 19.2 Å².